The first-order valence-corrected chi connectivity index (χ1v) is 8.46. The van der Waals surface area contributed by atoms with Gasteiger partial charge in [0.05, 0.1) is 19.8 Å². The molecule has 9 heteroatoms. The molecule has 1 N–H and O–H groups in total. The maximum atomic E-state index is 12.0. The van der Waals surface area contributed by atoms with Crippen molar-refractivity contribution in [2.75, 3.05) is 19.5 Å². The van der Waals surface area contributed by atoms with Crippen LogP contribution in [0.3, 0.4) is 0 Å². The Balaban J connectivity index is 3.29. The number of nitrogens with one attached hydrogen (secondary N) is 1. The second kappa shape index (κ2) is 7.78. The molecule has 0 saturated carbocycles. The van der Waals surface area contributed by atoms with Crippen LogP contribution >= 0.6 is 27.3 Å². The van der Waals surface area contributed by atoms with E-state index in [-0.39, 0.29) is 20.8 Å². The zero-order valence-electron chi connectivity index (χ0n) is 13.4. The van der Waals surface area contributed by atoms with Crippen molar-refractivity contribution in [3.05, 3.63) is 16.0 Å². The predicted octanol–water partition coefficient (Wildman–Crippen LogP) is 3.56. The van der Waals surface area contributed by atoms with E-state index in [0.29, 0.717) is 5.56 Å². The van der Waals surface area contributed by atoms with Crippen molar-refractivity contribution >= 4 is 50.3 Å². The van der Waals surface area contributed by atoms with Gasteiger partial charge in [-0.05, 0) is 20.8 Å². The first-order valence-electron chi connectivity index (χ1n) is 6.52. The number of anilines is 1. The van der Waals surface area contributed by atoms with E-state index >= 15 is 0 Å². The van der Waals surface area contributed by atoms with E-state index in [4.69, 9.17) is 14.2 Å². The number of thiophene rings is 1. The number of alkyl halides is 1. The molecule has 23 heavy (non-hydrogen) atoms. The van der Waals surface area contributed by atoms with Crippen molar-refractivity contribution < 1.29 is 28.6 Å². The van der Waals surface area contributed by atoms with Crippen molar-refractivity contribution in [2.24, 2.45) is 0 Å². The van der Waals surface area contributed by atoms with Crippen LogP contribution in [0.1, 0.15) is 46.4 Å². The summed E-state index contributed by atoms with van der Waals surface area (Å²) >= 11 is 4.15. The highest BCUT2D eigenvalue weighted by molar-refractivity contribution is 9.08. The van der Waals surface area contributed by atoms with Crippen LogP contribution < -0.4 is 5.32 Å². The first-order chi connectivity index (χ1) is 10.6. The molecule has 0 aliphatic rings. The Morgan fingerprint density at radius 3 is 2.13 bits per heavy atom. The van der Waals surface area contributed by atoms with E-state index in [0.717, 1.165) is 11.3 Å². The number of amides is 1. The van der Waals surface area contributed by atoms with Crippen LogP contribution in [0.25, 0.3) is 0 Å². The maximum Gasteiger partial charge on any atom is 0.412 e. The van der Waals surface area contributed by atoms with Crippen molar-refractivity contribution in [3.8, 4) is 0 Å². The largest absolute Gasteiger partial charge is 0.465 e. The summed E-state index contributed by atoms with van der Waals surface area (Å²) < 4.78 is 14.6. The zero-order valence-corrected chi connectivity index (χ0v) is 15.8. The molecule has 1 rings (SSSR count). The van der Waals surface area contributed by atoms with E-state index in [2.05, 4.69) is 21.2 Å². The SMILES string of the molecule is COC(=O)c1sc(NC(=O)OC(C)(C)C)c(C(=O)OC)c1CBr. The molecule has 0 aliphatic heterocycles. The predicted molar refractivity (Wildman–Crippen MR) is 89.5 cm³/mol. The number of carbonyl (C=O) groups excluding carboxylic acids is 3. The molecule has 0 fully saturated rings. The van der Waals surface area contributed by atoms with E-state index in [9.17, 15) is 14.4 Å². The van der Waals surface area contributed by atoms with Crippen molar-refractivity contribution in [1.82, 2.24) is 0 Å². The number of hydrogen-bond acceptors (Lipinski definition) is 7. The average Bonchev–Trinajstić information content (AvgIpc) is 2.81. The van der Waals surface area contributed by atoms with Gasteiger partial charge in [0.15, 0.2) is 0 Å². The Labute approximate surface area is 146 Å². The second-order valence-corrected chi connectivity index (χ2v) is 6.94. The number of esters is 2. The summed E-state index contributed by atoms with van der Waals surface area (Å²) in [5, 5.41) is 2.87. The molecule has 0 radical (unpaired) electrons. The van der Waals surface area contributed by atoms with E-state index in [1.165, 1.54) is 14.2 Å². The van der Waals surface area contributed by atoms with Gasteiger partial charge >= 0.3 is 18.0 Å². The minimum Gasteiger partial charge on any atom is -0.465 e. The van der Waals surface area contributed by atoms with Gasteiger partial charge in [-0.15, -0.1) is 11.3 Å². The summed E-state index contributed by atoms with van der Waals surface area (Å²) in [7, 11) is 2.45. The van der Waals surface area contributed by atoms with Gasteiger partial charge in [-0.1, -0.05) is 15.9 Å². The van der Waals surface area contributed by atoms with Gasteiger partial charge in [-0.25, -0.2) is 14.4 Å². The fourth-order valence-corrected chi connectivity index (χ4v) is 3.51. The van der Waals surface area contributed by atoms with E-state index in [1.807, 2.05) is 0 Å². The van der Waals surface area contributed by atoms with Gasteiger partial charge in [0.2, 0.25) is 0 Å². The maximum absolute atomic E-state index is 12.0. The van der Waals surface area contributed by atoms with Crippen LogP contribution in [-0.4, -0.2) is 37.9 Å². The minimum absolute atomic E-state index is 0.0978. The quantitative estimate of drug-likeness (QED) is 0.466. The summed E-state index contributed by atoms with van der Waals surface area (Å²) in [4.78, 5) is 36.0. The highest BCUT2D eigenvalue weighted by Gasteiger charge is 2.29. The lowest BCUT2D eigenvalue weighted by atomic mass is 10.1. The third kappa shape index (κ3) is 4.93. The third-order valence-corrected chi connectivity index (χ3v) is 4.20. The number of methoxy groups -OCH3 is 2. The lowest BCUT2D eigenvalue weighted by Crippen LogP contribution is -2.27. The van der Waals surface area contributed by atoms with Gasteiger partial charge in [0.25, 0.3) is 0 Å². The normalized spacial score (nSPS) is 10.9. The molecule has 0 aromatic carbocycles. The highest BCUT2D eigenvalue weighted by atomic mass is 79.9. The third-order valence-electron chi connectivity index (χ3n) is 2.52. The lowest BCUT2D eigenvalue weighted by molar-refractivity contribution is 0.0601. The van der Waals surface area contributed by atoms with E-state index < -0.39 is 23.6 Å². The number of hydrogen-bond donors (Lipinski definition) is 1. The molecule has 7 nitrogen and oxygen atoms in total. The molecule has 1 aromatic heterocycles. The number of ether oxygens (including phenoxy) is 3. The zero-order chi connectivity index (χ0) is 17.8. The molecule has 0 atom stereocenters. The summed E-state index contributed by atoms with van der Waals surface area (Å²) in [5.74, 6) is -1.27. The molecule has 128 valence electrons. The summed E-state index contributed by atoms with van der Waals surface area (Å²) in [6.45, 7) is 5.14. The highest BCUT2D eigenvalue weighted by Crippen LogP contribution is 2.36. The first kappa shape index (κ1) is 19.4. The Hall–Kier alpha value is -1.61. The summed E-state index contributed by atoms with van der Waals surface area (Å²) in [6, 6.07) is 0. The van der Waals surface area contributed by atoms with Gasteiger partial charge < -0.3 is 14.2 Å². The topological polar surface area (TPSA) is 90.9 Å². The minimum atomic E-state index is -0.735. The molecule has 0 saturated heterocycles. The summed E-state index contributed by atoms with van der Waals surface area (Å²) in [6.07, 6.45) is -0.735. The van der Waals surface area contributed by atoms with E-state index in [1.54, 1.807) is 20.8 Å². The van der Waals surface area contributed by atoms with Gasteiger partial charge in [0, 0.05) is 10.9 Å². The molecule has 0 bridgehead atoms. The monoisotopic (exact) mass is 407 g/mol. The van der Waals surface area contributed by atoms with Gasteiger partial charge in [0.1, 0.15) is 15.5 Å². The van der Waals surface area contributed by atoms with Crippen molar-refractivity contribution in [1.29, 1.82) is 0 Å². The fourth-order valence-electron chi connectivity index (χ4n) is 1.65. The Morgan fingerprint density at radius 1 is 1.13 bits per heavy atom. The number of carbonyl (C=O) groups is 3. The average molecular weight is 408 g/mol. The van der Waals surface area contributed by atoms with Gasteiger partial charge in [-0.3, -0.25) is 5.32 Å². The van der Waals surface area contributed by atoms with Crippen molar-refractivity contribution in [2.45, 2.75) is 31.7 Å². The molecule has 0 aliphatic carbocycles. The molecule has 0 spiro atoms. The second-order valence-electron chi connectivity index (χ2n) is 5.36. The van der Waals surface area contributed by atoms with Crippen LogP contribution in [0.15, 0.2) is 0 Å². The van der Waals surface area contributed by atoms with Crippen LogP contribution in [-0.2, 0) is 19.5 Å². The Morgan fingerprint density at radius 2 is 1.70 bits per heavy atom. The molecule has 1 aromatic rings. The van der Waals surface area contributed by atoms with Crippen LogP contribution in [0.5, 0.6) is 0 Å². The smallest absolute Gasteiger partial charge is 0.412 e. The number of rotatable bonds is 4. The van der Waals surface area contributed by atoms with Crippen LogP contribution in [0.2, 0.25) is 0 Å². The van der Waals surface area contributed by atoms with Crippen molar-refractivity contribution in [3.63, 3.8) is 0 Å². The molecule has 0 unspecified atom stereocenters. The molecule has 1 amide bonds. The van der Waals surface area contributed by atoms with Crippen LogP contribution in [0, 0.1) is 0 Å². The molecular weight excluding hydrogens is 390 g/mol. The fraction of sp³-hybridized carbons (Fsp3) is 0.500. The van der Waals surface area contributed by atoms with Crippen LogP contribution in [0.4, 0.5) is 9.80 Å². The Kier molecular flexibility index (Phi) is 6.57. The molecule has 1 heterocycles. The standard InChI is InChI=1S/C14H18BrNO6S/c1-14(2,3)22-13(19)16-10-8(11(17)20-4)7(6-15)9(23-10)12(18)21-5/h6H2,1-5H3,(H,16,19). The number of halogens is 1. The summed E-state index contributed by atoms with van der Waals surface area (Å²) in [5.41, 5.74) is -0.212. The lowest BCUT2D eigenvalue weighted by Gasteiger charge is -2.19. The van der Waals surface area contributed by atoms with Gasteiger partial charge in [-0.2, -0.15) is 0 Å². The molecular formula is C14H18BrNO6S. The Bertz CT molecular complexity index is 620.